The van der Waals surface area contributed by atoms with Gasteiger partial charge in [-0.2, -0.15) is 0 Å². The molecule has 3 atom stereocenters. The van der Waals surface area contributed by atoms with Crippen LogP contribution in [0.2, 0.25) is 5.02 Å². The number of amides is 3. The third kappa shape index (κ3) is 5.88. The number of fused-ring (bicyclic) bond motifs is 1. The van der Waals surface area contributed by atoms with Gasteiger partial charge in [-0.1, -0.05) is 61.0 Å². The molecule has 0 radical (unpaired) electrons. The number of carbonyl (C=O) groups excluding carboxylic acids is 3. The van der Waals surface area contributed by atoms with E-state index in [4.69, 9.17) is 11.6 Å². The zero-order valence-corrected chi connectivity index (χ0v) is 29.1. The van der Waals surface area contributed by atoms with Crippen LogP contribution in [-0.4, -0.2) is 77.3 Å². The van der Waals surface area contributed by atoms with Crippen LogP contribution in [0.3, 0.4) is 0 Å². The Morgan fingerprint density at radius 2 is 1.78 bits per heavy atom. The minimum atomic E-state index is -1.90. The van der Waals surface area contributed by atoms with Crippen LogP contribution in [0.4, 0.5) is 17.1 Å². The molecule has 262 valence electrons. The highest BCUT2D eigenvalue weighted by Gasteiger charge is 2.54. The number of anilines is 3. The quantitative estimate of drug-likeness (QED) is 0.281. The van der Waals surface area contributed by atoms with Crippen LogP contribution in [0.1, 0.15) is 50.2 Å². The first-order valence-corrected chi connectivity index (χ1v) is 17.9. The fourth-order valence-electron chi connectivity index (χ4n) is 8.23. The Hall–Kier alpha value is -4.22. The topological polar surface area (TPSA) is 117 Å². The summed E-state index contributed by atoms with van der Waals surface area (Å²) >= 11 is 6.41. The Balaban J connectivity index is 1.13. The number of hydrogen-bond acceptors (Lipinski definition) is 7. The van der Waals surface area contributed by atoms with E-state index < -0.39 is 23.0 Å². The number of aliphatic hydroxyl groups excluding tert-OH is 1. The molecule has 0 saturated carbocycles. The molecule has 11 heteroatoms. The Labute approximate surface area is 297 Å². The third-order valence-corrected chi connectivity index (χ3v) is 11.3. The van der Waals surface area contributed by atoms with Gasteiger partial charge in [0.2, 0.25) is 5.91 Å². The summed E-state index contributed by atoms with van der Waals surface area (Å²) in [6, 6.07) is 22.7. The highest BCUT2D eigenvalue weighted by molar-refractivity contribution is 6.31. The van der Waals surface area contributed by atoms with Crippen molar-refractivity contribution >= 4 is 46.4 Å². The molecule has 3 saturated heterocycles. The molecular weight excluding hydrogens is 654 g/mol. The molecule has 0 unspecified atom stereocenters. The Morgan fingerprint density at radius 3 is 2.54 bits per heavy atom. The van der Waals surface area contributed by atoms with E-state index in [-0.39, 0.29) is 37.4 Å². The molecule has 10 nitrogen and oxygen atoms in total. The normalized spacial score (nSPS) is 23.8. The van der Waals surface area contributed by atoms with Gasteiger partial charge in [0, 0.05) is 40.8 Å². The van der Waals surface area contributed by atoms with Gasteiger partial charge in [-0.15, -0.1) is 0 Å². The average molecular weight is 698 g/mol. The second-order valence-electron chi connectivity index (χ2n) is 13.9. The van der Waals surface area contributed by atoms with Gasteiger partial charge in [-0.25, -0.2) is 0 Å². The first-order chi connectivity index (χ1) is 24.2. The summed E-state index contributed by atoms with van der Waals surface area (Å²) in [4.78, 5) is 48.7. The summed E-state index contributed by atoms with van der Waals surface area (Å²) in [6.07, 6.45) is 6.58. The number of para-hydroxylation sites is 1. The molecule has 7 rings (SSSR count). The molecule has 3 fully saturated rings. The molecule has 0 bridgehead atoms. The van der Waals surface area contributed by atoms with Crippen LogP contribution in [0, 0.1) is 5.92 Å². The molecule has 4 heterocycles. The number of aliphatic hydroxyl groups is 2. The molecule has 3 aromatic rings. The Bertz CT molecular complexity index is 1800. The van der Waals surface area contributed by atoms with Gasteiger partial charge >= 0.3 is 0 Å². The van der Waals surface area contributed by atoms with Crippen molar-refractivity contribution in [2.45, 2.75) is 62.8 Å². The maximum absolute atomic E-state index is 14.3. The van der Waals surface area contributed by atoms with Crippen molar-refractivity contribution in [3.8, 4) is 0 Å². The smallest absolute Gasteiger partial charge is 0.264 e. The summed E-state index contributed by atoms with van der Waals surface area (Å²) in [5.74, 6) is -1.17. The Kier molecular flexibility index (Phi) is 9.47. The van der Waals surface area contributed by atoms with Gasteiger partial charge in [0.05, 0.1) is 31.5 Å². The fraction of sp³-hybridized carbons (Fsp3) is 0.410. The maximum Gasteiger partial charge on any atom is 0.264 e. The minimum absolute atomic E-state index is 0.0602. The molecule has 50 heavy (non-hydrogen) atoms. The van der Waals surface area contributed by atoms with E-state index in [1.807, 2.05) is 47.4 Å². The summed E-state index contributed by atoms with van der Waals surface area (Å²) in [5.41, 5.74) is 1.01. The molecule has 3 amide bonds. The molecule has 1 spiro atoms. The van der Waals surface area contributed by atoms with Crippen LogP contribution < -0.4 is 20.0 Å². The number of hydrogen-bond donors (Lipinski definition) is 3. The van der Waals surface area contributed by atoms with Gasteiger partial charge in [-0.05, 0) is 86.8 Å². The number of likely N-dealkylation sites (tertiary alicyclic amines) is 1. The summed E-state index contributed by atoms with van der Waals surface area (Å²) in [5, 5.41) is 25.6. The number of benzene rings is 3. The van der Waals surface area contributed by atoms with E-state index in [0.29, 0.717) is 42.3 Å². The van der Waals surface area contributed by atoms with Crippen molar-refractivity contribution in [1.29, 1.82) is 0 Å². The summed E-state index contributed by atoms with van der Waals surface area (Å²) in [6.45, 7) is 4.44. The number of carbonyl (C=O) groups is 3. The number of piperidine rings is 1. The lowest BCUT2D eigenvalue weighted by molar-refractivity contribution is -0.139. The predicted octanol–water partition coefficient (Wildman–Crippen LogP) is 4.57. The molecule has 4 aliphatic heterocycles. The summed E-state index contributed by atoms with van der Waals surface area (Å²) in [7, 11) is 0. The second kappa shape index (κ2) is 13.8. The standard InChI is InChI=1S/C39H44ClN5O5/c1-27(8-5-14-35(47)42-21-7-13-32(42)25-46)39(50)33-23-29(40)15-16-34(33)43(37(39)49)24-28-9-6-12-31(22-28)44-26-45(30-10-3-2-4-11-30)38(36(44)48)17-19-41-20-18-38/h2-6,8-12,15-16,22-23,27,32,41,46,50H,7,13-14,17-21,24-26H2,1H3/b8-5+/t27-,32+,39+/m1/s1. The van der Waals surface area contributed by atoms with Gasteiger partial charge < -0.3 is 30.2 Å². The van der Waals surface area contributed by atoms with E-state index in [0.717, 1.165) is 42.9 Å². The first-order valence-electron chi connectivity index (χ1n) is 17.5. The molecule has 0 aromatic heterocycles. The number of halogens is 1. The van der Waals surface area contributed by atoms with Gasteiger partial charge in [0.25, 0.3) is 11.8 Å². The zero-order valence-electron chi connectivity index (χ0n) is 28.3. The monoisotopic (exact) mass is 697 g/mol. The van der Waals surface area contributed by atoms with Crippen LogP contribution in [0.5, 0.6) is 0 Å². The number of rotatable bonds is 9. The lowest BCUT2D eigenvalue weighted by atomic mass is 9.83. The van der Waals surface area contributed by atoms with E-state index in [1.165, 1.54) is 0 Å². The zero-order chi connectivity index (χ0) is 35.0. The highest BCUT2D eigenvalue weighted by Crippen LogP contribution is 2.47. The maximum atomic E-state index is 14.3. The highest BCUT2D eigenvalue weighted by atomic mass is 35.5. The molecule has 0 aliphatic carbocycles. The van der Waals surface area contributed by atoms with Crippen LogP contribution in [-0.2, 0) is 26.5 Å². The Morgan fingerprint density at radius 1 is 1.02 bits per heavy atom. The lowest BCUT2D eigenvalue weighted by Crippen LogP contribution is -2.55. The third-order valence-electron chi connectivity index (χ3n) is 11.0. The van der Waals surface area contributed by atoms with Crippen molar-refractivity contribution in [2.24, 2.45) is 5.92 Å². The van der Waals surface area contributed by atoms with Crippen molar-refractivity contribution in [3.63, 3.8) is 0 Å². The van der Waals surface area contributed by atoms with E-state index in [2.05, 4.69) is 22.3 Å². The molecule has 3 aromatic carbocycles. The van der Waals surface area contributed by atoms with Crippen molar-refractivity contribution in [2.75, 3.05) is 47.6 Å². The van der Waals surface area contributed by atoms with Gasteiger partial charge in [0.15, 0.2) is 5.60 Å². The van der Waals surface area contributed by atoms with Crippen molar-refractivity contribution in [3.05, 3.63) is 101 Å². The SMILES string of the molecule is C[C@H](/C=C/CC(=O)N1CCC[C@H]1CO)[C@@]1(O)C(=O)N(Cc2cccc(N3CN(c4ccccc4)C4(CCNCC4)C3=O)c2)c2ccc(Cl)cc21. The predicted molar refractivity (Wildman–Crippen MR) is 194 cm³/mol. The average Bonchev–Trinajstić information content (AvgIpc) is 3.79. The minimum Gasteiger partial charge on any atom is -0.394 e. The molecule has 3 N–H and O–H groups in total. The molecule has 4 aliphatic rings. The van der Waals surface area contributed by atoms with E-state index in [9.17, 15) is 24.6 Å². The molecular formula is C39H44ClN5O5. The number of nitrogens with one attached hydrogen (secondary N) is 1. The van der Waals surface area contributed by atoms with Crippen LogP contribution in [0.15, 0.2) is 84.9 Å². The number of nitrogens with zero attached hydrogens (tertiary/aromatic N) is 4. The largest absolute Gasteiger partial charge is 0.394 e. The lowest BCUT2D eigenvalue weighted by Gasteiger charge is -2.39. The van der Waals surface area contributed by atoms with Crippen LogP contribution in [0.25, 0.3) is 0 Å². The van der Waals surface area contributed by atoms with Crippen molar-refractivity contribution in [1.82, 2.24) is 10.2 Å². The van der Waals surface area contributed by atoms with Gasteiger partial charge in [0.1, 0.15) is 5.54 Å². The van der Waals surface area contributed by atoms with E-state index in [1.54, 1.807) is 47.1 Å². The summed E-state index contributed by atoms with van der Waals surface area (Å²) < 4.78 is 0. The second-order valence-corrected chi connectivity index (χ2v) is 14.3. The van der Waals surface area contributed by atoms with Crippen molar-refractivity contribution < 1.29 is 24.6 Å². The fourth-order valence-corrected chi connectivity index (χ4v) is 8.40. The van der Waals surface area contributed by atoms with Crippen LogP contribution >= 0.6 is 11.6 Å². The first kappa shape index (κ1) is 34.2. The van der Waals surface area contributed by atoms with Gasteiger partial charge in [-0.3, -0.25) is 19.3 Å². The van der Waals surface area contributed by atoms with E-state index >= 15 is 0 Å².